The topological polar surface area (TPSA) is 46.5 Å². The number of ether oxygens (including phenoxy) is 1. The van der Waals surface area contributed by atoms with Crippen LogP contribution in [0.2, 0.25) is 0 Å². The summed E-state index contributed by atoms with van der Waals surface area (Å²) in [6, 6.07) is 0. The van der Waals surface area contributed by atoms with E-state index in [1.54, 1.807) is 0 Å². The summed E-state index contributed by atoms with van der Waals surface area (Å²) in [6.45, 7) is 7.58. The van der Waals surface area contributed by atoms with Crippen LogP contribution in [0.25, 0.3) is 0 Å². The van der Waals surface area contributed by atoms with Crippen molar-refractivity contribution in [2.24, 2.45) is 5.92 Å². The van der Waals surface area contributed by atoms with Crippen LogP contribution in [-0.4, -0.2) is 17.9 Å². The van der Waals surface area contributed by atoms with Crippen molar-refractivity contribution in [2.75, 3.05) is 6.79 Å². The Morgan fingerprint density at radius 1 is 1.21 bits per heavy atom. The summed E-state index contributed by atoms with van der Waals surface area (Å²) in [7, 11) is 0. The molecule has 1 N–H and O–H groups in total. The molecule has 0 amide bonds. The Hall–Kier alpha value is -0.570. The molecular formula is C11H24O3. The standard InChI is InChI=1S/C9H18O3.C2H6/c1-3-5-8(6-4-2)9(11)12-7-10;1-2/h8,10H,3-7H2,1-2H3;1-2H3. The predicted molar refractivity (Wildman–Crippen MR) is 57.8 cm³/mol. The smallest absolute Gasteiger partial charge is 0.311 e. The van der Waals surface area contributed by atoms with E-state index in [9.17, 15) is 4.79 Å². The lowest BCUT2D eigenvalue weighted by Crippen LogP contribution is -2.18. The largest absolute Gasteiger partial charge is 0.438 e. The normalized spacial score (nSPS) is 9.29. The van der Waals surface area contributed by atoms with Crippen LogP contribution in [0.1, 0.15) is 53.4 Å². The van der Waals surface area contributed by atoms with Gasteiger partial charge in [-0.2, -0.15) is 0 Å². The summed E-state index contributed by atoms with van der Waals surface area (Å²) in [5.74, 6) is -0.284. The Morgan fingerprint density at radius 2 is 1.64 bits per heavy atom. The molecule has 0 fully saturated rings. The number of carbonyl (C=O) groups is 1. The molecule has 0 radical (unpaired) electrons. The molecule has 86 valence electrons. The Morgan fingerprint density at radius 3 is 1.93 bits per heavy atom. The van der Waals surface area contributed by atoms with Gasteiger partial charge in [-0.15, -0.1) is 0 Å². The van der Waals surface area contributed by atoms with Gasteiger partial charge in [0.2, 0.25) is 0 Å². The number of rotatable bonds is 6. The zero-order chi connectivity index (χ0) is 11.4. The molecule has 14 heavy (non-hydrogen) atoms. The number of hydrogen-bond acceptors (Lipinski definition) is 3. The highest BCUT2D eigenvalue weighted by Gasteiger charge is 2.17. The summed E-state index contributed by atoms with van der Waals surface area (Å²) >= 11 is 0. The van der Waals surface area contributed by atoms with Gasteiger partial charge in [0.05, 0.1) is 5.92 Å². The molecule has 0 aliphatic rings. The van der Waals surface area contributed by atoms with Crippen LogP contribution in [0.4, 0.5) is 0 Å². The van der Waals surface area contributed by atoms with Gasteiger partial charge in [-0.3, -0.25) is 4.79 Å². The monoisotopic (exact) mass is 204 g/mol. The van der Waals surface area contributed by atoms with Crippen LogP contribution in [-0.2, 0) is 9.53 Å². The lowest BCUT2D eigenvalue weighted by Gasteiger charge is -2.12. The lowest BCUT2D eigenvalue weighted by atomic mass is 9.99. The minimum atomic E-state index is -0.497. The van der Waals surface area contributed by atoms with Gasteiger partial charge in [0.25, 0.3) is 0 Å². The van der Waals surface area contributed by atoms with E-state index in [4.69, 9.17) is 5.11 Å². The van der Waals surface area contributed by atoms with Crippen molar-refractivity contribution in [1.82, 2.24) is 0 Å². The van der Waals surface area contributed by atoms with Crippen molar-refractivity contribution in [3.63, 3.8) is 0 Å². The number of aliphatic hydroxyl groups is 1. The SMILES string of the molecule is CC.CCCC(CCC)C(=O)OCO. The van der Waals surface area contributed by atoms with Gasteiger partial charge in [0.1, 0.15) is 0 Å². The van der Waals surface area contributed by atoms with Crippen molar-refractivity contribution in [1.29, 1.82) is 0 Å². The first-order chi connectivity index (χ1) is 6.76. The number of esters is 1. The summed E-state index contributed by atoms with van der Waals surface area (Å²) in [5.41, 5.74) is 0. The Kier molecular flexibility index (Phi) is 14.1. The van der Waals surface area contributed by atoms with Gasteiger partial charge in [0.15, 0.2) is 6.79 Å². The molecule has 0 saturated heterocycles. The first-order valence-electron chi connectivity index (χ1n) is 5.53. The van der Waals surface area contributed by atoms with E-state index < -0.39 is 6.79 Å². The predicted octanol–water partition coefficient (Wildman–Crippen LogP) is 2.72. The molecule has 0 rings (SSSR count). The fourth-order valence-corrected chi connectivity index (χ4v) is 1.26. The average molecular weight is 204 g/mol. The maximum absolute atomic E-state index is 11.1. The molecule has 3 nitrogen and oxygen atoms in total. The van der Waals surface area contributed by atoms with Gasteiger partial charge in [-0.1, -0.05) is 40.5 Å². The van der Waals surface area contributed by atoms with E-state index in [0.717, 1.165) is 25.7 Å². The second-order valence-electron chi connectivity index (χ2n) is 2.87. The Labute approximate surface area is 87.5 Å². The van der Waals surface area contributed by atoms with E-state index >= 15 is 0 Å². The second-order valence-corrected chi connectivity index (χ2v) is 2.87. The van der Waals surface area contributed by atoms with Crippen LogP contribution in [0.5, 0.6) is 0 Å². The molecule has 0 heterocycles. The van der Waals surface area contributed by atoms with Gasteiger partial charge in [0, 0.05) is 0 Å². The van der Waals surface area contributed by atoms with Gasteiger partial charge in [-0.25, -0.2) is 0 Å². The Bertz CT molecular complexity index is 118. The van der Waals surface area contributed by atoms with Crippen LogP contribution in [0.3, 0.4) is 0 Å². The van der Waals surface area contributed by atoms with Crippen LogP contribution >= 0.6 is 0 Å². The maximum atomic E-state index is 11.1. The van der Waals surface area contributed by atoms with Crippen LogP contribution in [0.15, 0.2) is 0 Å². The molecule has 0 aromatic carbocycles. The molecule has 0 aliphatic heterocycles. The first-order valence-corrected chi connectivity index (χ1v) is 5.53. The quantitative estimate of drug-likeness (QED) is 0.534. The molecule has 0 spiro atoms. The molecule has 3 heteroatoms. The highest BCUT2D eigenvalue weighted by molar-refractivity contribution is 5.72. The maximum Gasteiger partial charge on any atom is 0.311 e. The van der Waals surface area contributed by atoms with E-state index in [2.05, 4.69) is 4.74 Å². The number of carbonyl (C=O) groups excluding carboxylic acids is 1. The first kappa shape index (κ1) is 15.9. The second kappa shape index (κ2) is 12.4. The molecule has 0 aliphatic carbocycles. The van der Waals surface area contributed by atoms with Crippen molar-refractivity contribution in [3.8, 4) is 0 Å². The fourth-order valence-electron chi connectivity index (χ4n) is 1.26. The molecule has 0 bridgehead atoms. The van der Waals surface area contributed by atoms with Crippen molar-refractivity contribution in [2.45, 2.75) is 53.4 Å². The fraction of sp³-hybridized carbons (Fsp3) is 0.909. The van der Waals surface area contributed by atoms with Gasteiger partial charge >= 0.3 is 5.97 Å². The van der Waals surface area contributed by atoms with E-state index in [0.29, 0.717) is 0 Å². The summed E-state index contributed by atoms with van der Waals surface area (Å²) in [5, 5.41) is 8.38. The zero-order valence-corrected chi connectivity index (χ0v) is 9.88. The highest BCUT2D eigenvalue weighted by Crippen LogP contribution is 2.14. The molecule has 0 saturated carbocycles. The van der Waals surface area contributed by atoms with E-state index in [-0.39, 0.29) is 11.9 Å². The Balaban J connectivity index is 0. The molecule has 0 unspecified atom stereocenters. The third-order valence-electron chi connectivity index (χ3n) is 1.81. The van der Waals surface area contributed by atoms with E-state index in [1.807, 2.05) is 27.7 Å². The zero-order valence-electron chi connectivity index (χ0n) is 9.88. The number of hydrogen-bond donors (Lipinski definition) is 1. The third-order valence-corrected chi connectivity index (χ3v) is 1.81. The summed E-state index contributed by atoms with van der Waals surface area (Å²) in [6.07, 6.45) is 3.66. The summed E-state index contributed by atoms with van der Waals surface area (Å²) < 4.78 is 4.53. The van der Waals surface area contributed by atoms with Crippen molar-refractivity contribution >= 4 is 5.97 Å². The lowest BCUT2D eigenvalue weighted by molar-refractivity contribution is -0.157. The van der Waals surface area contributed by atoms with Gasteiger partial charge in [-0.05, 0) is 12.8 Å². The van der Waals surface area contributed by atoms with E-state index in [1.165, 1.54) is 0 Å². The number of aliphatic hydroxyl groups excluding tert-OH is 1. The molecular weight excluding hydrogens is 180 g/mol. The minimum Gasteiger partial charge on any atom is -0.438 e. The third kappa shape index (κ3) is 8.05. The van der Waals surface area contributed by atoms with Crippen molar-refractivity contribution in [3.05, 3.63) is 0 Å². The van der Waals surface area contributed by atoms with Crippen LogP contribution in [0, 0.1) is 5.92 Å². The minimum absolute atomic E-state index is 0.0212. The highest BCUT2D eigenvalue weighted by atomic mass is 16.6. The molecule has 0 atom stereocenters. The summed E-state index contributed by atoms with van der Waals surface area (Å²) in [4.78, 5) is 11.1. The molecule has 0 aromatic heterocycles. The van der Waals surface area contributed by atoms with Crippen molar-refractivity contribution < 1.29 is 14.6 Å². The van der Waals surface area contributed by atoms with Crippen LogP contribution < -0.4 is 0 Å². The average Bonchev–Trinajstić information content (AvgIpc) is 2.21. The molecule has 0 aromatic rings. The van der Waals surface area contributed by atoms with Gasteiger partial charge < -0.3 is 9.84 Å².